The van der Waals surface area contributed by atoms with E-state index in [1.54, 1.807) is 4.90 Å². The third kappa shape index (κ3) is 4.68. The fourth-order valence-electron chi connectivity index (χ4n) is 1.73. The Hall–Kier alpha value is -0.320. The second-order valence-electron chi connectivity index (χ2n) is 4.11. The van der Waals surface area contributed by atoms with Crippen LogP contribution >= 0.6 is 12.4 Å². The number of carbonyl (C=O) groups excluding carboxylic acids is 1. The number of hydrogen-bond acceptors (Lipinski definition) is 3. The normalized spacial score (nSPS) is 15.1. The van der Waals surface area contributed by atoms with Crippen molar-refractivity contribution in [1.82, 2.24) is 10.2 Å². The summed E-state index contributed by atoms with van der Waals surface area (Å²) < 4.78 is 0. The molecule has 0 aliphatic carbocycles. The molecule has 0 bridgehead atoms. The number of halogens is 1. The van der Waals surface area contributed by atoms with Gasteiger partial charge in [-0.25, -0.2) is 0 Å². The maximum Gasteiger partial charge on any atom is 0.228 e. The lowest BCUT2D eigenvalue weighted by Crippen LogP contribution is -2.52. The Labute approximate surface area is 104 Å². The molecule has 1 fully saturated rings. The van der Waals surface area contributed by atoms with Crippen LogP contribution in [0.25, 0.3) is 0 Å². The second kappa shape index (κ2) is 8.79. The van der Waals surface area contributed by atoms with E-state index in [0.29, 0.717) is 6.54 Å². The largest absolute Gasteiger partial charge is 0.395 e. The van der Waals surface area contributed by atoms with E-state index in [9.17, 15) is 4.79 Å². The van der Waals surface area contributed by atoms with Crippen molar-refractivity contribution in [3.05, 3.63) is 0 Å². The number of rotatable bonds is 7. The molecule has 1 amide bonds. The number of unbranched alkanes of at least 4 members (excludes halogenated alkanes) is 2. The minimum absolute atomic E-state index is 0. The molecule has 1 saturated heterocycles. The molecule has 4 nitrogen and oxygen atoms in total. The number of carbonyl (C=O) groups is 1. The van der Waals surface area contributed by atoms with Gasteiger partial charge in [0.05, 0.1) is 12.5 Å². The Morgan fingerprint density at radius 3 is 2.50 bits per heavy atom. The maximum atomic E-state index is 11.9. The van der Waals surface area contributed by atoms with E-state index in [1.165, 1.54) is 0 Å². The van der Waals surface area contributed by atoms with Crippen LogP contribution in [-0.4, -0.2) is 48.7 Å². The predicted molar refractivity (Wildman–Crippen MR) is 66.8 cm³/mol. The monoisotopic (exact) mass is 250 g/mol. The van der Waals surface area contributed by atoms with Crippen molar-refractivity contribution in [2.24, 2.45) is 5.92 Å². The highest BCUT2D eigenvalue weighted by Crippen LogP contribution is 2.09. The Morgan fingerprint density at radius 2 is 2.06 bits per heavy atom. The van der Waals surface area contributed by atoms with Crippen molar-refractivity contribution >= 4 is 18.3 Å². The average molecular weight is 251 g/mol. The van der Waals surface area contributed by atoms with Gasteiger partial charge < -0.3 is 15.3 Å². The highest BCUT2D eigenvalue weighted by molar-refractivity contribution is 5.85. The quantitative estimate of drug-likeness (QED) is 0.652. The first-order valence-electron chi connectivity index (χ1n) is 5.90. The summed E-state index contributed by atoms with van der Waals surface area (Å²) in [5, 5.41) is 12.0. The third-order valence-corrected chi connectivity index (χ3v) is 2.84. The summed E-state index contributed by atoms with van der Waals surface area (Å²) in [6.07, 6.45) is 3.35. The highest BCUT2D eigenvalue weighted by Gasteiger charge is 2.28. The average Bonchev–Trinajstić information content (AvgIpc) is 2.14. The summed E-state index contributed by atoms with van der Waals surface area (Å²) in [4.78, 5) is 13.7. The minimum Gasteiger partial charge on any atom is -0.395 e. The zero-order valence-corrected chi connectivity index (χ0v) is 10.8. The first kappa shape index (κ1) is 15.7. The molecule has 0 aromatic rings. The standard InChI is InChI=1S/C11H22N2O2.ClH/c1-2-3-4-5-13(6-7-14)11(15)10-8-12-9-10;/h10,12,14H,2-9H2,1H3;1H. The number of hydrogen-bond donors (Lipinski definition) is 2. The van der Waals surface area contributed by atoms with Gasteiger partial charge in [0.1, 0.15) is 0 Å². The number of nitrogens with zero attached hydrogens (tertiary/aromatic N) is 1. The van der Waals surface area contributed by atoms with Crippen LogP contribution in [0.15, 0.2) is 0 Å². The van der Waals surface area contributed by atoms with Crippen LogP contribution in [0.2, 0.25) is 0 Å². The molecule has 5 heteroatoms. The minimum atomic E-state index is 0. The molecule has 0 aromatic carbocycles. The van der Waals surface area contributed by atoms with E-state index in [2.05, 4.69) is 12.2 Å². The molecule has 1 rings (SSSR count). The van der Waals surface area contributed by atoms with E-state index >= 15 is 0 Å². The van der Waals surface area contributed by atoms with Crippen molar-refractivity contribution in [2.75, 3.05) is 32.8 Å². The van der Waals surface area contributed by atoms with Gasteiger partial charge in [-0.05, 0) is 6.42 Å². The van der Waals surface area contributed by atoms with Crippen molar-refractivity contribution in [1.29, 1.82) is 0 Å². The molecule has 0 atom stereocenters. The molecule has 16 heavy (non-hydrogen) atoms. The molecule has 0 unspecified atom stereocenters. The van der Waals surface area contributed by atoms with E-state index in [-0.39, 0.29) is 30.8 Å². The van der Waals surface area contributed by atoms with Gasteiger partial charge in [0.15, 0.2) is 0 Å². The van der Waals surface area contributed by atoms with Crippen LogP contribution in [0.4, 0.5) is 0 Å². The molecule has 1 heterocycles. The van der Waals surface area contributed by atoms with E-state index < -0.39 is 0 Å². The summed E-state index contributed by atoms with van der Waals surface area (Å²) in [7, 11) is 0. The first-order valence-corrected chi connectivity index (χ1v) is 5.90. The maximum absolute atomic E-state index is 11.9. The summed E-state index contributed by atoms with van der Waals surface area (Å²) in [6.45, 7) is 5.10. The summed E-state index contributed by atoms with van der Waals surface area (Å²) in [6, 6.07) is 0. The second-order valence-corrected chi connectivity index (χ2v) is 4.11. The van der Waals surface area contributed by atoms with Crippen LogP contribution < -0.4 is 5.32 Å². The van der Waals surface area contributed by atoms with E-state index in [1.807, 2.05) is 0 Å². The molecule has 0 spiro atoms. The topological polar surface area (TPSA) is 52.6 Å². The zero-order chi connectivity index (χ0) is 11.1. The third-order valence-electron chi connectivity index (χ3n) is 2.84. The van der Waals surface area contributed by atoms with Gasteiger partial charge in [-0.15, -0.1) is 12.4 Å². The van der Waals surface area contributed by atoms with Gasteiger partial charge in [0, 0.05) is 26.2 Å². The summed E-state index contributed by atoms with van der Waals surface area (Å²) in [5.41, 5.74) is 0. The van der Waals surface area contributed by atoms with Gasteiger partial charge in [-0.1, -0.05) is 19.8 Å². The molecular formula is C11H23ClN2O2. The van der Waals surface area contributed by atoms with Gasteiger partial charge in [-0.2, -0.15) is 0 Å². The van der Waals surface area contributed by atoms with Gasteiger partial charge in [0.2, 0.25) is 5.91 Å². The molecular weight excluding hydrogens is 228 g/mol. The molecule has 96 valence electrons. The van der Waals surface area contributed by atoms with Crippen molar-refractivity contribution in [2.45, 2.75) is 26.2 Å². The SMILES string of the molecule is CCCCCN(CCO)C(=O)C1CNC1.Cl. The Kier molecular flexibility index (Phi) is 8.61. The van der Waals surface area contributed by atoms with Gasteiger partial charge >= 0.3 is 0 Å². The summed E-state index contributed by atoms with van der Waals surface area (Å²) in [5.74, 6) is 0.358. The summed E-state index contributed by atoms with van der Waals surface area (Å²) >= 11 is 0. The van der Waals surface area contributed by atoms with Crippen molar-refractivity contribution in [3.8, 4) is 0 Å². The van der Waals surface area contributed by atoms with Crippen LogP contribution in [0, 0.1) is 5.92 Å². The fourth-order valence-corrected chi connectivity index (χ4v) is 1.73. The highest BCUT2D eigenvalue weighted by atomic mass is 35.5. The lowest BCUT2D eigenvalue weighted by atomic mass is 10.0. The molecule has 1 aliphatic heterocycles. The lowest BCUT2D eigenvalue weighted by molar-refractivity contribution is -0.137. The molecule has 0 saturated carbocycles. The number of nitrogens with one attached hydrogen (secondary N) is 1. The smallest absolute Gasteiger partial charge is 0.228 e. The predicted octanol–water partition coefficient (Wildman–Crippen LogP) is 0.639. The molecule has 0 radical (unpaired) electrons. The lowest BCUT2D eigenvalue weighted by Gasteiger charge is -2.32. The Balaban J connectivity index is 0.00000225. The Morgan fingerprint density at radius 1 is 1.38 bits per heavy atom. The molecule has 2 N–H and O–H groups in total. The first-order chi connectivity index (χ1) is 7.29. The van der Waals surface area contributed by atoms with Crippen LogP contribution in [0.3, 0.4) is 0 Å². The van der Waals surface area contributed by atoms with Crippen LogP contribution in [0.5, 0.6) is 0 Å². The number of aliphatic hydroxyl groups is 1. The van der Waals surface area contributed by atoms with E-state index in [4.69, 9.17) is 5.11 Å². The van der Waals surface area contributed by atoms with Crippen molar-refractivity contribution < 1.29 is 9.90 Å². The van der Waals surface area contributed by atoms with Crippen LogP contribution in [-0.2, 0) is 4.79 Å². The molecule has 0 aromatic heterocycles. The number of amides is 1. The van der Waals surface area contributed by atoms with Crippen molar-refractivity contribution in [3.63, 3.8) is 0 Å². The zero-order valence-electron chi connectivity index (χ0n) is 9.95. The van der Waals surface area contributed by atoms with E-state index in [0.717, 1.165) is 38.9 Å². The van der Waals surface area contributed by atoms with Gasteiger partial charge in [0.25, 0.3) is 0 Å². The Bertz CT molecular complexity index is 198. The van der Waals surface area contributed by atoms with Gasteiger partial charge in [-0.3, -0.25) is 4.79 Å². The van der Waals surface area contributed by atoms with Crippen LogP contribution in [0.1, 0.15) is 26.2 Å². The fraction of sp³-hybridized carbons (Fsp3) is 0.909. The number of aliphatic hydroxyl groups excluding tert-OH is 1. The molecule has 1 aliphatic rings.